The molecule has 0 saturated carbocycles. The smallest absolute Gasteiger partial charge is 0.329 e. The van der Waals surface area contributed by atoms with Crippen LogP contribution < -0.4 is 15.0 Å². The molecule has 1 fully saturated rings. The molecule has 1 aromatic heterocycles. The van der Waals surface area contributed by atoms with E-state index in [-0.39, 0.29) is 5.91 Å². The topological polar surface area (TPSA) is 71.5 Å². The van der Waals surface area contributed by atoms with E-state index < -0.39 is 17.3 Å². The van der Waals surface area contributed by atoms with Crippen LogP contribution in [0.25, 0.3) is 15.7 Å². The van der Waals surface area contributed by atoms with E-state index in [1.807, 2.05) is 84.9 Å². The van der Waals surface area contributed by atoms with Gasteiger partial charge in [-0.2, -0.15) is 0 Å². The second-order valence-corrected chi connectivity index (χ2v) is 9.55. The summed E-state index contributed by atoms with van der Waals surface area (Å²) in [5.74, 6) is 0.485. The molecule has 172 valence electrons. The summed E-state index contributed by atoms with van der Waals surface area (Å²) in [7, 11) is 0. The van der Waals surface area contributed by atoms with Crippen molar-refractivity contribution in [2.75, 3.05) is 4.90 Å². The summed E-state index contributed by atoms with van der Waals surface area (Å²) in [6.45, 7) is 0.445. The maximum Gasteiger partial charge on any atom is 0.329 e. The van der Waals surface area contributed by atoms with E-state index in [0.29, 0.717) is 12.3 Å². The van der Waals surface area contributed by atoms with Crippen LogP contribution in [0, 0.1) is 0 Å². The Kier molecular flexibility index (Phi) is 5.47. The molecule has 1 N–H and O–H groups in total. The molecule has 4 aromatic rings. The molecule has 3 heterocycles. The summed E-state index contributed by atoms with van der Waals surface area (Å²) in [5.41, 5.74) is 2.47. The number of hydrogen-bond donors (Lipinski definition) is 1. The number of amides is 3. The van der Waals surface area contributed by atoms with Crippen molar-refractivity contribution in [1.82, 2.24) is 10.3 Å². The van der Waals surface area contributed by atoms with Gasteiger partial charge in [0.2, 0.25) is 0 Å². The molecule has 7 heteroatoms. The Morgan fingerprint density at radius 1 is 0.914 bits per heavy atom. The highest BCUT2D eigenvalue weighted by molar-refractivity contribution is 8.09. The highest BCUT2D eigenvalue weighted by atomic mass is 32.2. The third-order valence-electron chi connectivity index (χ3n) is 6.15. The van der Waals surface area contributed by atoms with E-state index >= 15 is 0 Å². The van der Waals surface area contributed by atoms with Crippen LogP contribution in [0.4, 0.5) is 10.5 Å². The molecule has 2 aliphatic heterocycles. The monoisotopic (exact) mass is 479 g/mol. The van der Waals surface area contributed by atoms with Gasteiger partial charge in [-0.05, 0) is 17.7 Å². The number of urea groups is 1. The van der Waals surface area contributed by atoms with E-state index in [0.717, 1.165) is 32.6 Å². The first-order valence-electron chi connectivity index (χ1n) is 11.3. The van der Waals surface area contributed by atoms with Crippen LogP contribution in [0.3, 0.4) is 0 Å². The Morgan fingerprint density at radius 3 is 2.57 bits per heavy atom. The molecule has 2 aliphatic rings. The third-order valence-corrected chi connectivity index (χ3v) is 7.50. The van der Waals surface area contributed by atoms with Gasteiger partial charge in [0.1, 0.15) is 17.6 Å². The number of aromatic nitrogens is 1. The molecule has 0 aliphatic carbocycles. The lowest BCUT2D eigenvalue weighted by Gasteiger charge is -2.33. The molecule has 6 nitrogen and oxygen atoms in total. The molecule has 0 radical (unpaired) electrons. The first-order valence-corrected chi connectivity index (χ1v) is 12.2. The minimum absolute atomic E-state index is 0.254. The predicted molar refractivity (Wildman–Crippen MR) is 138 cm³/mol. The van der Waals surface area contributed by atoms with Gasteiger partial charge in [0, 0.05) is 27.4 Å². The SMILES string of the molecule is O=C1NC2C=C(c3ccccc3OCc3ccccc3)SC2C(=O)N1c1cncc2ccccc12. The van der Waals surface area contributed by atoms with Gasteiger partial charge in [-0.3, -0.25) is 9.78 Å². The number of benzene rings is 3. The molecule has 6 rings (SSSR count). The number of rotatable bonds is 5. The molecule has 35 heavy (non-hydrogen) atoms. The first-order chi connectivity index (χ1) is 17.2. The highest BCUT2D eigenvalue weighted by Crippen LogP contribution is 2.45. The lowest BCUT2D eigenvalue weighted by atomic mass is 10.1. The number of fused-ring (bicyclic) bond motifs is 2. The fourth-order valence-electron chi connectivity index (χ4n) is 4.45. The fraction of sp³-hybridized carbons (Fsp3) is 0.107. The number of para-hydroxylation sites is 1. The van der Waals surface area contributed by atoms with Crippen molar-refractivity contribution in [3.05, 3.63) is 108 Å². The Bertz CT molecular complexity index is 1470. The molecule has 0 spiro atoms. The summed E-state index contributed by atoms with van der Waals surface area (Å²) in [4.78, 5) is 33.0. The molecule has 1 saturated heterocycles. The van der Waals surface area contributed by atoms with Gasteiger partial charge in [-0.1, -0.05) is 72.8 Å². The zero-order valence-corrected chi connectivity index (χ0v) is 19.4. The van der Waals surface area contributed by atoms with Crippen molar-refractivity contribution in [3.63, 3.8) is 0 Å². The van der Waals surface area contributed by atoms with E-state index in [2.05, 4.69) is 10.3 Å². The Labute approximate surface area is 206 Å². The van der Waals surface area contributed by atoms with Crippen LogP contribution in [0.2, 0.25) is 0 Å². The number of pyridine rings is 1. The van der Waals surface area contributed by atoms with E-state index in [4.69, 9.17) is 4.74 Å². The minimum Gasteiger partial charge on any atom is -0.488 e. The second kappa shape index (κ2) is 8.92. The number of ether oxygens (including phenoxy) is 1. The zero-order valence-electron chi connectivity index (χ0n) is 18.6. The molecule has 2 unspecified atom stereocenters. The van der Waals surface area contributed by atoms with Gasteiger partial charge in [0.05, 0.1) is 17.9 Å². The minimum atomic E-state index is -0.469. The predicted octanol–water partition coefficient (Wildman–Crippen LogP) is 5.40. The lowest BCUT2D eigenvalue weighted by Crippen LogP contribution is -2.60. The summed E-state index contributed by atoms with van der Waals surface area (Å²) < 4.78 is 6.13. The van der Waals surface area contributed by atoms with Crippen molar-refractivity contribution < 1.29 is 14.3 Å². The Hall–Kier alpha value is -4.10. The number of carbonyl (C=O) groups excluding carboxylic acids is 2. The van der Waals surface area contributed by atoms with Crippen molar-refractivity contribution in [3.8, 4) is 5.75 Å². The van der Waals surface area contributed by atoms with Gasteiger partial charge < -0.3 is 10.1 Å². The van der Waals surface area contributed by atoms with Crippen LogP contribution in [-0.4, -0.2) is 28.2 Å². The molecule has 3 amide bonds. The van der Waals surface area contributed by atoms with Crippen molar-refractivity contribution in [1.29, 1.82) is 0 Å². The van der Waals surface area contributed by atoms with Crippen LogP contribution >= 0.6 is 11.8 Å². The van der Waals surface area contributed by atoms with Gasteiger partial charge in [-0.15, -0.1) is 11.8 Å². The van der Waals surface area contributed by atoms with Gasteiger partial charge in [0.25, 0.3) is 5.91 Å². The average molecular weight is 480 g/mol. The number of hydrogen-bond acceptors (Lipinski definition) is 5. The van der Waals surface area contributed by atoms with E-state index in [1.54, 1.807) is 12.4 Å². The van der Waals surface area contributed by atoms with Crippen LogP contribution in [0.15, 0.2) is 97.3 Å². The summed E-state index contributed by atoms with van der Waals surface area (Å²) in [5, 5.41) is 4.21. The van der Waals surface area contributed by atoms with Gasteiger partial charge in [0.15, 0.2) is 0 Å². The Balaban J connectivity index is 1.27. The van der Waals surface area contributed by atoms with Crippen molar-refractivity contribution >= 4 is 45.1 Å². The molecular weight excluding hydrogens is 458 g/mol. The highest BCUT2D eigenvalue weighted by Gasteiger charge is 2.45. The van der Waals surface area contributed by atoms with E-state index in [1.165, 1.54) is 16.7 Å². The fourth-order valence-corrected chi connectivity index (χ4v) is 5.74. The molecular formula is C28H21N3O3S. The second-order valence-electron chi connectivity index (χ2n) is 8.37. The number of nitrogens with one attached hydrogen (secondary N) is 1. The summed E-state index contributed by atoms with van der Waals surface area (Å²) >= 11 is 1.45. The number of carbonyl (C=O) groups is 2. The quantitative estimate of drug-likeness (QED) is 0.415. The first kappa shape index (κ1) is 21.4. The van der Waals surface area contributed by atoms with Gasteiger partial charge in [-0.25, -0.2) is 9.69 Å². The lowest BCUT2D eigenvalue weighted by molar-refractivity contribution is -0.118. The molecule has 0 bridgehead atoms. The number of anilines is 1. The summed E-state index contributed by atoms with van der Waals surface area (Å²) in [6.07, 6.45) is 5.25. The molecule has 2 atom stereocenters. The number of imide groups is 1. The van der Waals surface area contributed by atoms with Crippen LogP contribution in [0.5, 0.6) is 5.75 Å². The normalized spacial score (nSPS) is 19.3. The van der Waals surface area contributed by atoms with Crippen molar-refractivity contribution in [2.24, 2.45) is 0 Å². The summed E-state index contributed by atoms with van der Waals surface area (Å²) in [6, 6.07) is 24.5. The average Bonchev–Trinajstić information content (AvgIpc) is 3.32. The standard InChI is InChI=1S/C28H21N3O3S/c32-27-26-22(30-28(33)31(27)23-16-29-15-19-10-4-5-11-20(19)23)14-25(35-26)21-12-6-7-13-24(21)34-17-18-8-2-1-3-9-18/h1-16,22,26H,17H2,(H,30,33). The van der Waals surface area contributed by atoms with Crippen molar-refractivity contribution in [2.45, 2.75) is 17.9 Å². The number of nitrogens with zero attached hydrogens (tertiary/aromatic N) is 2. The zero-order chi connectivity index (χ0) is 23.8. The largest absolute Gasteiger partial charge is 0.488 e. The maximum atomic E-state index is 13.6. The third kappa shape index (κ3) is 3.94. The van der Waals surface area contributed by atoms with Crippen LogP contribution in [-0.2, 0) is 11.4 Å². The number of thioether (sulfide) groups is 1. The Morgan fingerprint density at radius 2 is 1.69 bits per heavy atom. The van der Waals surface area contributed by atoms with E-state index in [9.17, 15) is 9.59 Å². The van der Waals surface area contributed by atoms with Crippen LogP contribution in [0.1, 0.15) is 11.1 Å². The van der Waals surface area contributed by atoms with Gasteiger partial charge >= 0.3 is 6.03 Å². The molecule has 3 aromatic carbocycles. The maximum absolute atomic E-state index is 13.6.